The van der Waals surface area contributed by atoms with Crippen molar-refractivity contribution >= 4 is 5.91 Å². The van der Waals surface area contributed by atoms with Crippen LogP contribution in [0.25, 0.3) is 0 Å². The maximum atomic E-state index is 12.1. The summed E-state index contributed by atoms with van der Waals surface area (Å²) in [6, 6.07) is 0.192. The zero-order chi connectivity index (χ0) is 12.1. The first-order valence-corrected chi connectivity index (χ1v) is 6.58. The maximum absolute atomic E-state index is 12.1. The first kappa shape index (κ1) is 13.5. The molecule has 16 heavy (non-hydrogen) atoms. The Balaban J connectivity index is 2.44. The van der Waals surface area contributed by atoms with E-state index in [9.17, 15) is 4.79 Å². The third-order valence-electron chi connectivity index (χ3n) is 3.71. The molecule has 0 bridgehead atoms. The van der Waals surface area contributed by atoms with Gasteiger partial charge in [0.1, 0.15) is 0 Å². The summed E-state index contributed by atoms with van der Waals surface area (Å²) >= 11 is 0. The molecule has 94 valence electrons. The third kappa shape index (κ3) is 3.78. The number of piperidine rings is 1. The van der Waals surface area contributed by atoms with Gasteiger partial charge in [-0.3, -0.25) is 4.79 Å². The summed E-state index contributed by atoms with van der Waals surface area (Å²) in [7, 11) is 0. The minimum absolute atomic E-state index is 0.192. The van der Waals surface area contributed by atoms with Gasteiger partial charge in [-0.2, -0.15) is 0 Å². The summed E-state index contributed by atoms with van der Waals surface area (Å²) in [5.41, 5.74) is 5.89. The topological polar surface area (TPSA) is 46.3 Å². The summed E-state index contributed by atoms with van der Waals surface area (Å²) in [6.45, 7) is 8.22. The van der Waals surface area contributed by atoms with Gasteiger partial charge in [0.05, 0.1) is 0 Å². The van der Waals surface area contributed by atoms with E-state index in [1.54, 1.807) is 0 Å². The lowest BCUT2D eigenvalue weighted by atomic mass is 9.89. The molecule has 1 saturated heterocycles. The summed E-state index contributed by atoms with van der Waals surface area (Å²) < 4.78 is 0. The minimum atomic E-state index is 0.192. The van der Waals surface area contributed by atoms with Crippen LogP contribution in [0.2, 0.25) is 0 Å². The molecule has 3 heteroatoms. The van der Waals surface area contributed by atoms with Gasteiger partial charge in [0.15, 0.2) is 0 Å². The van der Waals surface area contributed by atoms with Crippen molar-refractivity contribution in [2.45, 2.75) is 52.5 Å². The fourth-order valence-electron chi connectivity index (χ4n) is 2.44. The molecule has 1 aliphatic rings. The summed E-state index contributed by atoms with van der Waals surface area (Å²) in [5.74, 6) is 1.41. The number of hydrogen-bond donors (Lipinski definition) is 1. The molecule has 1 rings (SSSR count). The SMILES string of the molecule is CCC(CC(=O)N1CCCC(N)C1)C(C)C. The number of carbonyl (C=O) groups is 1. The number of likely N-dealkylation sites (tertiary alicyclic amines) is 1. The Morgan fingerprint density at radius 3 is 2.69 bits per heavy atom. The smallest absolute Gasteiger partial charge is 0.222 e. The normalized spacial score (nSPS) is 23.6. The molecule has 2 atom stereocenters. The highest BCUT2D eigenvalue weighted by Gasteiger charge is 2.24. The zero-order valence-electron chi connectivity index (χ0n) is 10.9. The average molecular weight is 226 g/mol. The summed E-state index contributed by atoms with van der Waals surface area (Å²) in [5, 5.41) is 0. The second-order valence-electron chi connectivity index (χ2n) is 5.36. The summed E-state index contributed by atoms with van der Waals surface area (Å²) in [6.07, 6.45) is 3.90. The second kappa shape index (κ2) is 6.24. The van der Waals surface area contributed by atoms with E-state index < -0.39 is 0 Å². The molecule has 0 aromatic carbocycles. The quantitative estimate of drug-likeness (QED) is 0.797. The van der Waals surface area contributed by atoms with Gasteiger partial charge in [0, 0.05) is 25.6 Å². The molecule has 1 heterocycles. The van der Waals surface area contributed by atoms with Gasteiger partial charge in [-0.05, 0) is 24.7 Å². The first-order valence-electron chi connectivity index (χ1n) is 6.58. The van der Waals surface area contributed by atoms with Gasteiger partial charge < -0.3 is 10.6 Å². The maximum Gasteiger partial charge on any atom is 0.222 e. The Labute approximate surface area is 99.4 Å². The van der Waals surface area contributed by atoms with E-state index in [4.69, 9.17) is 5.73 Å². The number of carbonyl (C=O) groups excluding carboxylic acids is 1. The molecular weight excluding hydrogens is 200 g/mol. The van der Waals surface area contributed by atoms with E-state index in [1.807, 2.05) is 4.90 Å². The fourth-order valence-corrected chi connectivity index (χ4v) is 2.44. The van der Waals surface area contributed by atoms with Gasteiger partial charge in [-0.25, -0.2) is 0 Å². The van der Waals surface area contributed by atoms with E-state index in [2.05, 4.69) is 20.8 Å². The van der Waals surface area contributed by atoms with Gasteiger partial charge in [0.2, 0.25) is 5.91 Å². The number of rotatable bonds is 4. The van der Waals surface area contributed by atoms with E-state index in [-0.39, 0.29) is 6.04 Å². The zero-order valence-corrected chi connectivity index (χ0v) is 10.9. The van der Waals surface area contributed by atoms with Gasteiger partial charge in [-0.15, -0.1) is 0 Å². The number of nitrogens with zero attached hydrogens (tertiary/aromatic N) is 1. The van der Waals surface area contributed by atoms with Crippen LogP contribution in [-0.4, -0.2) is 29.9 Å². The average Bonchev–Trinajstić information content (AvgIpc) is 2.25. The second-order valence-corrected chi connectivity index (χ2v) is 5.36. The lowest BCUT2D eigenvalue weighted by Crippen LogP contribution is -2.46. The highest BCUT2D eigenvalue weighted by atomic mass is 16.2. The Morgan fingerprint density at radius 1 is 1.50 bits per heavy atom. The molecule has 1 amide bonds. The number of amides is 1. The standard InChI is InChI=1S/C13H26N2O/c1-4-11(10(2)3)8-13(16)15-7-5-6-12(14)9-15/h10-12H,4-9,14H2,1-3H3. The van der Waals surface area contributed by atoms with Crippen LogP contribution >= 0.6 is 0 Å². The highest BCUT2D eigenvalue weighted by molar-refractivity contribution is 5.76. The molecule has 0 radical (unpaired) electrons. The van der Waals surface area contributed by atoms with Crippen molar-refractivity contribution in [3.05, 3.63) is 0 Å². The van der Waals surface area contributed by atoms with Crippen molar-refractivity contribution in [2.75, 3.05) is 13.1 Å². The van der Waals surface area contributed by atoms with Crippen molar-refractivity contribution in [3.8, 4) is 0 Å². The van der Waals surface area contributed by atoms with E-state index in [0.717, 1.165) is 32.4 Å². The van der Waals surface area contributed by atoms with E-state index in [1.165, 1.54) is 0 Å². The summed E-state index contributed by atoms with van der Waals surface area (Å²) in [4.78, 5) is 14.0. The van der Waals surface area contributed by atoms with Gasteiger partial charge in [0.25, 0.3) is 0 Å². The lowest BCUT2D eigenvalue weighted by Gasteiger charge is -2.32. The molecule has 0 saturated carbocycles. The van der Waals surface area contributed by atoms with Crippen molar-refractivity contribution in [1.82, 2.24) is 4.90 Å². The monoisotopic (exact) mass is 226 g/mol. The Hall–Kier alpha value is -0.570. The van der Waals surface area contributed by atoms with Crippen molar-refractivity contribution in [2.24, 2.45) is 17.6 Å². The van der Waals surface area contributed by atoms with Crippen LogP contribution in [0.1, 0.15) is 46.5 Å². The predicted molar refractivity (Wildman–Crippen MR) is 67.0 cm³/mol. The molecule has 1 aliphatic heterocycles. The molecule has 0 spiro atoms. The Kier molecular flexibility index (Phi) is 5.26. The van der Waals surface area contributed by atoms with Crippen LogP contribution in [0.15, 0.2) is 0 Å². The molecule has 3 nitrogen and oxygen atoms in total. The molecule has 0 aromatic rings. The van der Waals surface area contributed by atoms with Crippen molar-refractivity contribution in [1.29, 1.82) is 0 Å². The van der Waals surface area contributed by atoms with E-state index >= 15 is 0 Å². The number of nitrogens with two attached hydrogens (primary N) is 1. The third-order valence-corrected chi connectivity index (χ3v) is 3.71. The van der Waals surface area contributed by atoms with Crippen LogP contribution in [0.4, 0.5) is 0 Å². The number of hydrogen-bond acceptors (Lipinski definition) is 2. The Morgan fingerprint density at radius 2 is 2.19 bits per heavy atom. The van der Waals surface area contributed by atoms with Crippen LogP contribution in [0.3, 0.4) is 0 Å². The van der Waals surface area contributed by atoms with Crippen molar-refractivity contribution < 1.29 is 4.79 Å². The highest BCUT2D eigenvalue weighted by Crippen LogP contribution is 2.21. The Bertz CT molecular complexity index is 228. The molecule has 0 aliphatic carbocycles. The van der Waals surface area contributed by atoms with Crippen LogP contribution in [0, 0.1) is 11.8 Å². The van der Waals surface area contributed by atoms with Crippen LogP contribution in [0.5, 0.6) is 0 Å². The fraction of sp³-hybridized carbons (Fsp3) is 0.923. The molecule has 1 fully saturated rings. The molecule has 2 unspecified atom stereocenters. The molecule has 0 aromatic heterocycles. The van der Waals surface area contributed by atoms with Crippen LogP contribution in [-0.2, 0) is 4.79 Å². The molecule has 2 N–H and O–H groups in total. The largest absolute Gasteiger partial charge is 0.341 e. The van der Waals surface area contributed by atoms with Gasteiger partial charge in [-0.1, -0.05) is 27.2 Å². The molecular formula is C13H26N2O. The van der Waals surface area contributed by atoms with Gasteiger partial charge >= 0.3 is 0 Å². The van der Waals surface area contributed by atoms with Crippen LogP contribution < -0.4 is 5.73 Å². The van der Waals surface area contributed by atoms with E-state index in [0.29, 0.717) is 24.2 Å². The van der Waals surface area contributed by atoms with Crippen molar-refractivity contribution in [3.63, 3.8) is 0 Å². The minimum Gasteiger partial charge on any atom is -0.341 e. The lowest BCUT2D eigenvalue weighted by molar-refractivity contribution is -0.133. The predicted octanol–water partition coefficient (Wildman–Crippen LogP) is 2.01. The first-order chi connectivity index (χ1) is 7.54.